The Morgan fingerprint density at radius 3 is 2.45 bits per heavy atom. The number of imide groups is 1. The number of benzene rings is 1. The molecule has 0 bridgehead atoms. The van der Waals surface area contributed by atoms with Gasteiger partial charge in [0.15, 0.2) is 0 Å². The number of cyclic esters (lactones) is 1. The molecule has 170 valence electrons. The highest BCUT2D eigenvalue weighted by Crippen LogP contribution is 2.43. The van der Waals surface area contributed by atoms with Gasteiger partial charge in [-0.3, -0.25) is 9.69 Å². The van der Waals surface area contributed by atoms with Gasteiger partial charge in [-0.15, -0.1) is 11.8 Å². The van der Waals surface area contributed by atoms with Crippen LogP contribution in [0.3, 0.4) is 0 Å². The zero-order chi connectivity index (χ0) is 22.9. The second kappa shape index (κ2) is 9.08. The van der Waals surface area contributed by atoms with E-state index in [4.69, 9.17) is 9.47 Å². The van der Waals surface area contributed by atoms with Gasteiger partial charge >= 0.3 is 12.2 Å². The molecule has 2 heterocycles. The second-order valence-electron chi connectivity index (χ2n) is 9.01. The van der Waals surface area contributed by atoms with Crippen LogP contribution in [-0.2, 0) is 14.3 Å². The number of ether oxygens (including phenoxy) is 2. The summed E-state index contributed by atoms with van der Waals surface area (Å²) < 4.78 is 10.9. The zero-order valence-corrected chi connectivity index (χ0v) is 19.3. The Balaban J connectivity index is 1.85. The van der Waals surface area contributed by atoms with Crippen LogP contribution in [0.25, 0.3) is 0 Å². The number of carboxylic acid groups (broad SMARTS) is 1. The smallest absolute Gasteiger partial charge is 0.417 e. The molecular formula is C22H30N2O6S. The first-order valence-electron chi connectivity index (χ1n) is 10.3. The monoisotopic (exact) mass is 450 g/mol. The van der Waals surface area contributed by atoms with Crippen LogP contribution >= 0.6 is 11.8 Å². The van der Waals surface area contributed by atoms with Crippen molar-refractivity contribution < 1.29 is 29.0 Å². The Morgan fingerprint density at radius 2 is 1.90 bits per heavy atom. The van der Waals surface area contributed by atoms with Crippen molar-refractivity contribution in [3.05, 3.63) is 35.9 Å². The largest absolute Gasteiger partial charge is 0.465 e. The molecule has 9 heteroatoms. The average Bonchev–Trinajstić information content (AvgIpc) is 3.33. The quantitative estimate of drug-likeness (QED) is 0.728. The van der Waals surface area contributed by atoms with Gasteiger partial charge in [-0.25, -0.2) is 14.5 Å². The fourth-order valence-corrected chi connectivity index (χ4v) is 5.96. The molecule has 0 spiro atoms. The normalized spacial score (nSPS) is 26.0. The van der Waals surface area contributed by atoms with E-state index in [0.29, 0.717) is 5.75 Å². The minimum atomic E-state index is -1.04. The molecule has 2 fully saturated rings. The standard InChI is InChI=1S/C22H30N2O6S/c1-13(17(29-5)16-12-31-19(22(2,3)4)24(16)20(26)27)18(25)23-15(11-30-21(23)28)14-9-7-6-8-10-14/h6-10,13,15-17,19H,11-12H2,1-5H3,(H,26,27)/t13-,15+,16?,17-,19?/m1/s1. The Bertz CT molecular complexity index is 827. The van der Waals surface area contributed by atoms with E-state index in [2.05, 4.69) is 0 Å². The number of rotatable bonds is 5. The summed E-state index contributed by atoms with van der Waals surface area (Å²) in [5.74, 6) is -0.664. The molecule has 31 heavy (non-hydrogen) atoms. The van der Waals surface area contributed by atoms with Gasteiger partial charge in [0, 0.05) is 12.9 Å². The van der Waals surface area contributed by atoms with Crippen molar-refractivity contribution in [2.24, 2.45) is 11.3 Å². The molecule has 0 aromatic heterocycles. The van der Waals surface area contributed by atoms with Crippen LogP contribution in [0.15, 0.2) is 30.3 Å². The third-order valence-corrected chi connectivity index (χ3v) is 7.61. The van der Waals surface area contributed by atoms with Crippen LogP contribution in [0.2, 0.25) is 0 Å². The molecule has 2 aliphatic rings. The lowest BCUT2D eigenvalue weighted by molar-refractivity contribution is -0.139. The maximum Gasteiger partial charge on any atom is 0.417 e. The lowest BCUT2D eigenvalue weighted by Gasteiger charge is -2.38. The number of carbonyl (C=O) groups is 3. The van der Waals surface area contributed by atoms with Gasteiger partial charge in [-0.1, -0.05) is 58.0 Å². The fourth-order valence-electron chi connectivity index (χ4n) is 4.33. The molecule has 8 nitrogen and oxygen atoms in total. The molecule has 1 N–H and O–H groups in total. The van der Waals surface area contributed by atoms with Crippen LogP contribution in [0, 0.1) is 11.3 Å². The molecule has 5 atom stereocenters. The number of methoxy groups -OCH3 is 1. The van der Waals surface area contributed by atoms with Gasteiger partial charge in [0.1, 0.15) is 12.6 Å². The predicted octanol–water partition coefficient (Wildman–Crippen LogP) is 3.83. The Hall–Kier alpha value is -2.26. The molecule has 1 aromatic rings. The number of carbonyl (C=O) groups excluding carboxylic acids is 2. The summed E-state index contributed by atoms with van der Waals surface area (Å²) in [6, 6.07) is 8.21. The van der Waals surface area contributed by atoms with Crippen LogP contribution in [0.1, 0.15) is 39.3 Å². The molecule has 0 saturated carbocycles. The fraction of sp³-hybridized carbons (Fsp3) is 0.591. The Labute approximate surface area is 186 Å². The van der Waals surface area contributed by atoms with Gasteiger partial charge < -0.3 is 14.6 Å². The topological polar surface area (TPSA) is 96.4 Å². The van der Waals surface area contributed by atoms with E-state index in [0.717, 1.165) is 10.5 Å². The third-order valence-electron chi connectivity index (χ3n) is 5.83. The highest BCUT2D eigenvalue weighted by Gasteiger charge is 2.50. The number of hydrogen-bond acceptors (Lipinski definition) is 6. The molecule has 1 aromatic carbocycles. The number of thioether (sulfide) groups is 1. The molecule has 0 radical (unpaired) electrons. The van der Waals surface area contributed by atoms with Crippen LogP contribution in [0.4, 0.5) is 9.59 Å². The van der Waals surface area contributed by atoms with E-state index in [9.17, 15) is 19.5 Å². The summed E-state index contributed by atoms with van der Waals surface area (Å²) in [6.45, 7) is 7.74. The van der Waals surface area contributed by atoms with Crippen molar-refractivity contribution in [3.8, 4) is 0 Å². The molecule has 2 aliphatic heterocycles. The van der Waals surface area contributed by atoms with Crippen LogP contribution < -0.4 is 0 Å². The van der Waals surface area contributed by atoms with E-state index < -0.39 is 42.2 Å². The highest BCUT2D eigenvalue weighted by atomic mass is 32.2. The highest BCUT2D eigenvalue weighted by molar-refractivity contribution is 8.00. The van der Waals surface area contributed by atoms with E-state index in [1.807, 2.05) is 51.1 Å². The molecule has 3 amide bonds. The van der Waals surface area contributed by atoms with E-state index in [1.165, 1.54) is 12.0 Å². The van der Waals surface area contributed by atoms with Crippen molar-refractivity contribution in [3.63, 3.8) is 0 Å². The number of hydrogen-bond donors (Lipinski definition) is 1. The number of nitrogens with zero attached hydrogens (tertiary/aromatic N) is 2. The van der Waals surface area contributed by atoms with E-state index in [-0.39, 0.29) is 17.4 Å². The maximum atomic E-state index is 13.4. The maximum absolute atomic E-state index is 13.4. The first kappa shape index (κ1) is 23.4. The minimum absolute atomic E-state index is 0.0889. The summed E-state index contributed by atoms with van der Waals surface area (Å²) in [4.78, 5) is 40.5. The Morgan fingerprint density at radius 1 is 1.26 bits per heavy atom. The summed E-state index contributed by atoms with van der Waals surface area (Å²) in [6.07, 6.45) is -2.43. The minimum Gasteiger partial charge on any atom is -0.465 e. The average molecular weight is 451 g/mol. The summed E-state index contributed by atoms with van der Waals surface area (Å²) in [5, 5.41) is 9.65. The van der Waals surface area contributed by atoms with Crippen molar-refractivity contribution in [2.45, 2.75) is 51.3 Å². The summed E-state index contributed by atoms with van der Waals surface area (Å²) >= 11 is 1.55. The molecular weight excluding hydrogens is 420 g/mol. The summed E-state index contributed by atoms with van der Waals surface area (Å²) in [5.41, 5.74) is 0.528. The van der Waals surface area contributed by atoms with Gasteiger partial charge in [0.05, 0.1) is 23.4 Å². The zero-order valence-electron chi connectivity index (χ0n) is 18.5. The van der Waals surface area contributed by atoms with Crippen LogP contribution in [0.5, 0.6) is 0 Å². The molecule has 2 saturated heterocycles. The second-order valence-corrected chi connectivity index (χ2v) is 10.1. The number of amides is 3. The van der Waals surface area contributed by atoms with Crippen molar-refractivity contribution >= 4 is 29.9 Å². The van der Waals surface area contributed by atoms with E-state index in [1.54, 1.807) is 18.7 Å². The lowest BCUT2D eigenvalue weighted by Crippen LogP contribution is -2.54. The van der Waals surface area contributed by atoms with Crippen molar-refractivity contribution in [1.82, 2.24) is 9.80 Å². The van der Waals surface area contributed by atoms with Gasteiger partial charge in [0.25, 0.3) is 0 Å². The first-order valence-corrected chi connectivity index (χ1v) is 11.3. The molecule has 3 rings (SSSR count). The molecule has 0 aliphatic carbocycles. The van der Waals surface area contributed by atoms with Crippen molar-refractivity contribution in [1.29, 1.82) is 0 Å². The van der Waals surface area contributed by atoms with Gasteiger partial charge in [0.2, 0.25) is 5.91 Å². The van der Waals surface area contributed by atoms with Gasteiger partial charge in [-0.2, -0.15) is 0 Å². The van der Waals surface area contributed by atoms with E-state index >= 15 is 0 Å². The third kappa shape index (κ3) is 4.52. The first-order chi connectivity index (χ1) is 14.6. The summed E-state index contributed by atoms with van der Waals surface area (Å²) in [7, 11) is 1.47. The Kier molecular flexibility index (Phi) is 6.85. The SMILES string of the molecule is CO[C@@H](C1CSC(C(C)(C)C)N1C(=O)O)[C@@H](C)C(=O)N1C(=O)OC[C@H]1c1ccccc1. The lowest BCUT2D eigenvalue weighted by atomic mass is 9.91. The van der Waals surface area contributed by atoms with Crippen molar-refractivity contribution in [2.75, 3.05) is 19.5 Å². The van der Waals surface area contributed by atoms with Crippen LogP contribution in [-0.4, -0.2) is 70.0 Å². The molecule has 2 unspecified atom stereocenters. The van der Waals surface area contributed by atoms with Gasteiger partial charge in [-0.05, 0) is 11.0 Å². The predicted molar refractivity (Wildman–Crippen MR) is 117 cm³/mol.